The molecule has 7 nitrogen and oxygen atoms in total. The molecule has 0 radical (unpaired) electrons. The first kappa shape index (κ1) is 18.9. The molecule has 0 aromatic heterocycles. The van der Waals surface area contributed by atoms with Crippen LogP contribution in [0.25, 0.3) is 0 Å². The molecule has 0 saturated carbocycles. The minimum Gasteiger partial charge on any atom is -0.486 e. The highest BCUT2D eigenvalue weighted by Gasteiger charge is 2.39. The summed E-state index contributed by atoms with van der Waals surface area (Å²) in [5.41, 5.74) is 1.28. The minimum atomic E-state index is -1.02. The van der Waals surface area contributed by atoms with Gasteiger partial charge in [-0.25, -0.2) is 4.39 Å². The van der Waals surface area contributed by atoms with Crippen LogP contribution in [0.4, 0.5) is 4.39 Å². The van der Waals surface area contributed by atoms with Crippen molar-refractivity contribution in [3.63, 3.8) is 0 Å². The summed E-state index contributed by atoms with van der Waals surface area (Å²) in [5, 5.41) is 2.29. The Kier molecular flexibility index (Phi) is 5.05. The molecule has 0 spiro atoms. The van der Waals surface area contributed by atoms with Gasteiger partial charge in [0.15, 0.2) is 0 Å². The van der Waals surface area contributed by atoms with E-state index < -0.39 is 24.2 Å². The predicted molar refractivity (Wildman–Crippen MR) is 98.5 cm³/mol. The van der Waals surface area contributed by atoms with Crippen LogP contribution in [0.2, 0.25) is 0 Å². The Hall–Kier alpha value is -2.48. The smallest absolute Gasteiger partial charge is 0.255 e. The summed E-state index contributed by atoms with van der Waals surface area (Å²) in [4.78, 5) is 39.8. The summed E-state index contributed by atoms with van der Waals surface area (Å²) >= 11 is 0. The van der Waals surface area contributed by atoms with Crippen LogP contribution >= 0.6 is 0 Å². The summed E-state index contributed by atoms with van der Waals surface area (Å²) in [6.07, 6.45) is -0.553. The highest BCUT2D eigenvalue weighted by molar-refractivity contribution is 6.05. The Morgan fingerprint density at radius 1 is 1.25 bits per heavy atom. The molecule has 3 aliphatic heterocycles. The molecule has 150 valence electrons. The maximum Gasteiger partial charge on any atom is 0.255 e. The Labute approximate surface area is 162 Å². The Balaban J connectivity index is 1.48. The third kappa shape index (κ3) is 3.48. The van der Waals surface area contributed by atoms with Crippen molar-refractivity contribution in [2.75, 3.05) is 19.6 Å². The van der Waals surface area contributed by atoms with E-state index >= 15 is 0 Å². The van der Waals surface area contributed by atoms with E-state index in [0.717, 1.165) is 18.7 Å². The maximum atomic E-state index is 14.3. The molecule has 2 fully saturated rings. The first-order chi connectivity index (χ1) is 13.5. The van der Waals surface area contributed by atoms with Crippen LogP contribution in [0, 0.1) is 0 Å². The van der Waals surface area contributed by atoms with Gasteiger partial charge in [-0.1, -0.05) is 6.92 Å². The lowest BCUT2D eigenvalue weighted by Crippen LogP contribution is -2.52. The molecule has 0 bridgehead atoms. The van der Waals surface area contributed by atoms with Gasteiger partial charge in [0.25, 0.3) is 5.91 Å². The molecule has 1 aromatic carbocycles. The number of hydrogen-bond donors (Lipinski definition) is 1. The molecule has 3 aliphatic rings. The Morgan fingerprint density at radius 2 is 2.07 bits per heavy atom. The standard InChI is InChI=1S/C20H24FN3O4/c1-2-23-8-7-15(21)17(11-23)28-13-3-4-14-12(9-13)10-24(20(14)27)16-5-6-18(25)22-19(16)26/h3-4,9,15-17H,2,5-8,10-11H2,1H3,(H,22,25,26)/t15-,16?,17-/m0/s1. The van der Waals surface area contributed by atoms with Crippen molar-refractivity contribution in [2.24, 2.45) is 0 Å². The number of imide groups is 1. The molecule has 1 N–H and O–H groups in total. The van der Waals surface area contributed by atoms with Crippen LogP contribution in [0.5, 0.6) is 5.75 Å². The predicted octanol–water partition coefficient (Wildman–Crippen LogP) is 1.26. The molecule has 3 heterocycles. The van der Waals surface area contributed by atoms with Gasteiger partial charge in [0.05, 0.1) is 0 Å². The molecule has 1 aromatic rings. The number of piperidine rings is 2. The number of ether oxygens (including phenoxy) is 1. The number of rotatable bonds is 4. The average molecular weight is 389 g/mol. The molecule has 1 unspecified atom stereocenters. The van der Waals surface area contributed by atoms with Gasteiger partial charge in [0.1, 0.15) is 24.1 Å². The molecule has 8 heteroatoms. The van der Waals surface area contributed by atoms with E-state index in [0.29, 0.717) is 30.7 Å². The molecule has 4 rings (SSSR count). The van der Waals surface area contributed by atoms with Gasteiger partial charge < -0.3 is 9.64 Å². The molecular weight excluding hydrogens is 365 g/mol. The van der Waals surface area contributed by atoms with Crippen LogP contribution in [-0.2, 0) is 16.1 Å². The van der Waals surface area contributed by atoms with Gasteiger partial charge in [0.2, 0.25) is 11.8 Å². The summed E-state index contributed by atoms with van der Waals surface area (Å²) in [6, 6.07) is 4.47. The van der Waals surface area contributed by atoms with E-state index in [-0.39, 0.29) is 24.8 Å². The molecular formula is C20H24FN3O4. The number of halogens is 1. The van der Waals surface area contributed by atoms with E-state index in [9.17, 15) is 18.8 Å². The molecule has 3 amide bonds. The minimum absolute atomic E-state index is 0.221. The van der Waals surface area contributed by atoms with E-state index in [1.54, 1.807) is 18.2 Å². The normalized spacial score (nSPS) is 28.3. The van der Waals surface area contributed by atoms with Gasteiger partial charge in [-0.3, -0.25) is 24.6 Å². The fourth-order valence-corrected chi connectivity index (χ4v) is 4.15. The lowest BCUT2D eigenvalue weighted by atomic mass is 10.0. The van der Waals surface area contributed by atoms with E-state index in [2.05, 4.69) is 10.2 Å². The molecule has 3 atom stereocenters. The molecule has 2 saturated heterocycles. The van der Waals surface area contributed by atoms with E-state index in [4.69, 9.17) is 4.74 Å². The van der Waals surface area contributed by atoms with Crippen molar-refractivity contribution in [3.8, 4) is 5.75 Å². The summed E-state index contributed by atoms with van der Waals surface area (Å²) in [6.45, 7) is 4.45. The highest BCUT2D eigenvalue weighted by atomic mass is 19.1. The second-order valence-electron chi connectivity index (χ2n) is 7.57. The van der Waals surface area contributed by atoms with Crippen LogP contribution in [-0.4, -0.2) is 65.5 Å². The number of carbonyl (C=O) groups is 3. The van der Waals surface area contributed by atoms with Gasteiger partial charge >= 0.3 is 0 Å². The monoisotopic (exact) mass is 389 g/mol. The quantitative estimate of drug-likeness (QED) is 0.785. The lowest BCUT2D eigenvalue weighted by molar-refractivity contribution is -0.136. The van der Waals surface area contributed by atoms with E-state index in [1.165, 1.54) is 4.90 Å². The number of nitrogens with zero attached hydrogens (tertiary/aromatic N) is 2. The lowest BCUT2D eigenvalue weighted by Gasteiger charge is -2.34. The van der Waals surface area contributed by atoms with Gasteiger partial charge in [-0.15, -0.1) is 0 Å². The van der Waals surface area contributed by atoms with Crippen molar-refractivity contribution < 1.29 is 23.5 Å². The third-order valence-electron chi connectivity index (χ3n) is 5.79. The third-order valence-corrected chi connectivity index (χ3v) is 5.79. The Bertz CT molecular complexity index is 815. The van der Waals surface area contributed by atoms with Crippen molar-refractivity contribution >= 4 is 17.7 Å². The summed E-state index contributed by atoms with van der Waals surface area (Å²) in [5.74, 6) is -0.442. The van der Waals surface area contributed by atoms with Crippen molar-refractivity contribution in [3.05, 3.63) is 29.3 Å². The fraction of sp³-hybridized carbons (Fsp3) is 0.550. The molecule has 0 aliphatic carbocycles. The Morgan fingerprint density at radius 3 is 2.82 bits per heavy atom. The largest absolute Gasteiger partial charge is 0.486 e. The van der Waals surface area contributed by atoms with Crippen LogP contribution in [0.15, 0.2) is 18.2 Å². The second kappa shape index (κ2) is 7.50. The zero-order valence-electron chi connectivity index (χ0n) is 15.8. The summed E-state index contributed by atoms with van der Waals surface area (Å²) in [7, 11) is 0. The maximum absolute atomic E-state index is 14.3. The number of amides is 3. The van der Waals surface area contributed by atoms with Crippen molar-refractivity contribution in [1.82, 2.24) is 15.1 Å². The van der Waals surface area contributed by atoms with Crippen LogP contribution in [0.1, 0.15) is 42.1 Å². The number of carbonyl (C=O) groups excluding carboxylic acids is 3. The first-order valence-electron chi connectivity index (χ1n) is 9.77. The van der Waals surface area contributed by atoms with E-state index in [1.807, 2.05) is 6.92 Å². The van der Waals surface area contributed by atoms with Crippen molar-refractivity contribution in [1.29, 1.82) is 0 Å². The average Bonchev–Trinajstić information content (AvgIpc) is 2.99. The van der Waals surface area contributed by atoms with Gasteiger partial charge in [-0.2, -0.15) is 0 Å². The number of benzene rings is 1. The van der Waals surface area contributed by atoms with Gasteiger partial charge in [-0.05, 0) is 43.1 Å². The molecule has 28 heavy (non-hydrogen) atoms. The first-order valence-corrected chi connectivity index (χ1v) is 9.77. The summed E-state index contributed by atoms with van der Waals surface area (Å²) < 4.78 is 20.2. The number of hydrogen-bond acceptors (Lipinski definition) is 5. The highest BCUT2D eigenvalue weighted by Crippen LogP contribution is 2.31. The number of likely N-dealkylation sites (N-methyl/N-ethyl adjacent to an activating group) is 1. The van der Waals surface area contributed by atoms with Crippen molar-refractivity contribution in [2.45, 2.75) is 51.0 Å². The zero-order valence-corrected chi connectivity index (χ0v) is 15.8. The topological polar surface area (TPSA) is 79.0 Å². The second-order valence-corrected chi connectivity index (χ2v) is 7.57. The number of nitrogens with one attached hydrogen (secondary N) is 1. The number of likely N-dealkylation sites (tertiary alicyclic amines) is 1. The SMILES string of the molecule is CCN1CC[C@H](F)[C@@H](Oc2ccc3c(c2)CN(C2CCC(=O)NC2=O)C3=O)C1. The van der Waals surface area contributed by atoms with Crippen LogP contribution < -0.4 is 10.1 Å². The zero-order chi connectivity index (χ0) is 19.8. The number of fused-ring (bicyclic) bond motifs is 1. The number of alkyl halides is 1. The van der Waals surface area contributed by atoms with Gasteiger partial charge in [0, 0.05) is 31.6 Å². The fourth-order valence-electron chi connectivity index (χ4n) is 4.15. The van der Waals surface area contributed by atoms with Crippen LogP contribution in [0.3, 0.4) is 0 Å².